The van der Waals surface area contributed by atoms with Gasteiger partial charge in [0.2, 0.25) is 10.7 Å². The Hall–Kier alpha value is -3.33. The van der Waals surface area contributed by atoms with Gasteiger partial charge in [-0.1, -0.05) is 11.3 Å². The van der Waals surface area contributed by atoms with Crippen molar-refractivity contribution >= 4 is 22.4 Å². The first-order chi connectivity index (χ1) is 13.5. The first-order valence-corrected chi connectivity index (χ1v) is 9.14. The second-order valence-electron chi connectivity index (χ2n) is 5.91. The fourth-order valence-corrected chi connectivity index (χ4v) is 3.71. The van der Waals surface area contributed by atoms with Crippen molar-refractivity contribution in [2.45, 2.75) is 6.92 Å². The largest absolute Gasteiger partial charge is 0.493 e. The van der Waals surface area contributed by atoms with Crippen molar-refractivity contribution < 1.29 is 18.6 Å². The highest BCUT2D eigenvalue weighted by Crippen LogP contribution is 2.40. The van der Waals surface area contributed by atoms with E-state index in [1.54, 1.807) is 18.2 Å². The maximum atomic E-state index is 12.7. The Balaban J connectivity index is 1.81. The van der Waals surface area contributed by atoms with Gasteiger partial charge in [-0.2, -0.15) is 9.50 Å². The summed E-state index contributed by atoms with van der Waals surface area (Å²) in [6, 6.07) is 7.13. The standard InChI is InChI=1S/C19H17N3O5S/c1-10-5-6-12(27-10)9-15-18(23)22-19(28-15)20-17(21-22)11-7-13(24-2)16(26-4)14(8-11)25-3/h5-9H,1-4H3/b15-9+. The second kappa shape index (κ2) is 7.01. The summed E-state index contributed by atoms with van der Waals surface area (Å²) in [5, 5.41) is 4.36. The summed E-state index contributed by atoms with van der Waals surface area (Å²) < 4.78 is 23.3. The predicted molar refractivity (Wildman–Crippen MR) is 104 cm³/mol. The van der Waals surface area contributed by atoms with E-state index >= 15 is 0 Å². The van der Waals surface area contributed by atoms with Gasteiger partial charge in [0.15, 0.2) is 17.3 Å². The number of methoxy groups -OCH3 is 3. The fourth-order valence-electron chi connectivity index (χ4n) is 2.83. The third-order valence-electron chi connectivity index (χ3n) is 4.14. The van der Waals surface area contributed by atoms with Gasteiger partial charge in [0, 0.05) is 11.6 Å². The molecule has 0 saturated heterocycles. The molecule has 28 heavy (non-hydrogen) atoms. The quantitative estimate of drug-likeness (QED) is 0.509. The van der Waals surface area contributed by atoms with Crippen LogP contribution in [0.15, 0.2) is 33.5 Å². The van der Waals surface area contributed by atoms with E-state index in [4.69, 9.17) is 18.6 Å². The summed E-state index contributed by atoms with van der Waals surface area (Å²) in [5.41, 5.74) is 0.400. The number of ether oxygens (including phenoxy) is 3. The minimum Gasteiger partial charge on any atom is -0.493 e. The Labute approximate surface area is 163 Å². The SMILES string of the molecule is COc1cc(-c2nc3s/c(=C/c4ccc(C)o4)c(=O)n3n2)cc(OC)c1OC. The fraction of sp³-hybridized carbons (Fsp3) is 0.211. The molecule has 0 atom stereocenters. The normalized spacial score (nSPS) is 11.9. The molecule has 0 amide bonds. The van der Waals surface area contributed by atoms with E-state index in [9.17, 15) is 4.79 Å². The van der Waals surface area contributed by atoms with Gasteiger partial charge < -0.3 is 18.6 Å². The number of hydrogen-bond acceptors (Lipinski definition) is 8. The van der Waals surface area contributed by atoms with Crippen molar-refractivity contribution in [1.82, 2.24) is 14.6 Å². The molecule has 4 rings (SSSR count). The van der Waals surface area contributed by atoms with Gasteiger partial charge in [0.25, 0.3) is 5.56 Å². The molecule has 0 saturated carbocycles. The number of furan rings is 1. The average Bonchev–Trinajstić information content (AvgIpc) is 3.38. The van der Waals surface area contributed by atoms with Crippen LogP contribution < -0.4 is 24.3 Å². The molecule has 0 aliphatic heterocycles. The van der Waals surface area contributed by atoms with Crippen LogP contribution in [-0.4, -0.2) is 35.9 Å². The molecule has 0 fully saturated rings. The van der Waals surface area contributed by atoms with Crippen LogP contribution >= 0.6 is 11.3 Å². The zero-order chi connectivity index (χ0) is 19.8. The van der Waals surface area contributed by atoms with E-state index in [2.05, 4.69) is 10.1 Å². The van der Waals surface area contributed by atoms with Gasteiger partial charge in [0.1, 0.15) is 16.1 Å². The van der Waals surface area contributed by atoms with Crippen molar-refractivity contribution in [2.24, 2.45) is 0 Å². The van der Waals surface area contributed by atoms with Crippen LogP contribution in [0.25, 0.3) is 22.4 Å². The van der Waals surface area contributed by atoms with Crippen LogP contribution in [-0.2, 0) is 0 Å². The van der Waals surface area contributed by atoms with E-state index in [1.807, 2.05) is 19.1 Å². The highest BCUT2D eigenvalue weighted by Gasteiger charge is 2.18. The molecular formula is C19H17N3O5S. The Morgan fingerprint density at radius 1 is 1.11 bits per heavy atom. The number of aromatic nitrogens is 3. The maximum absolute atomic E-state index is 12.7. The van der Waals surface area contributed by atoms with E-state index < -0.39 is 0 Å². The third-order valence-corrected chi connectivity index (χ3v) is 5.10. The molecule has 3 heterocycles. The zero-order valence-electron chi connectivity index (χ0n) is 15.7. The topological polar surface area (TPSA) is 88.1 Å². The van der Waals surface area contributed by atoms with Crippen LogP contribution in [0.4, 0.5) is 0 Å². The molecule has 0 unspecified atom stereocenters. The average molecular weight is 399 g/mol. The summed E-state index contributed by atoms with van der Waals surface area (Å²) in [5.74, 6) is 3.24. The molecule has 3 aromatic heterocycles. The Kier molecular flexibility index (Phi) is 4.52. The van der Waals surface area contributed by atoms with E-state index in [0.29, 0.717) is 43.9 Å². The lowest BCUT2D eigenvalue weighted by atomic mass is 10.1. The molecule has 0 aliphatic rings. The Bertz CT molecular complexity index is 1250. The Morgan fingerprint density at radius 3 is 2.36 bits per heavy atom. The van der Waals surface area contributed by atoms with Crippen molar-refractivity contribution in [1.29, 1.82) is 0 Å². The summed E-state index contributed by atoms with van der Waals surface area (Å²) in [6.07, 6.45) is 1.69. The summed E-state index contributed by atoms with van der Waals surface area (Å²) in [4.78, 5) is 17.6. The van der Waals surface area contributed by atoms with Crippen LogP contribution in [0.2, 0.25) is 0 Å². The molecular weight excluding hydrogens is 382 g/mol. The lowest BCUT2D eigenvalue weighted by Crippen LogP contribution is -2.23. The third kappa shape index (κ3) is 2.99. The summed E-state index contributed by atoms with van der Waals surface area (Å²) >= 11 is 1.25. The first-order valence-electron chi connectivity index (χ1n) is 8.32. The summed E-state index contributed by atoms with van der Waals surface area (Å²) in [6.45, 7) is 1.85. The molecule has 0 radical (unpaired) electrons. The first kappa shape index (κ1) is 18.1. The number of thiazole rings is 1. The van der Waals surface area contributed by atoms with Crippen LogP contribution in [0.1, 0.15) is 11.5 Å². The molecule has 8 nitrogen and oxygen atoms in total. The molecule has 9 heteroatoms. The number of rotatable bonds is 5. The summed E-state index contributed by atoms with van der Waals surface area (Å²) in [7, 11) is 4.61. The lowest BCUT2D eigenvalue weighted by Gasteiger charge is -2.12. The number of hydrogen-bond donors (Lipinski definition) is 0. The molecule has 1 aromatic carbocycles. The molecule has 0 spiro atoms. The highest BCUT2D eigenvalue weighted by molar-refractivity contribution is 7.15. The van der Waals surface area contributed by atoms with E-state index in [0.717, 1.165) is 5.76 Å². The predicted octanol–water partition coefficient (Wildman–Crippen LogP) is 2.29. The van der Waals surface area contributed by atoms with Crippen molar-refractivity contribution in [2.75, 3.05) is 21.3 Å². The smallest absolute Gasteiger partial charge is 0.291 e. The van der Waals surface area contributed by atoms with Gasteiger partial charge in [-0.05, 0) is 31.2 Å². The molecule has 4 aromatic rings. The monoisotopic (exact) mass is 399 g/mol. The van der Waals surface area contributed by atoms with Gasteiger partial charge in [0.05, 0.1) is 21.3 Å². The van der Waals surface area contributed by atoms with Gasteiger partial charge in [-0.25, -0.2) is 0 Å². The van der Waals surface area contributed by atoms with Gasteiger partial charge in [-0.15, -0.1) is 5.10 Å². The zero-order valence-corrected chi connectivity index (χ0v) is 16.5. The van der Waals surface area contributed by atoms with Crippen LogP contribution in [0.3, 0.4) is 0 Å². The number of fused-ring (bicyclic) bond motifs is 1. The van der Waals surface area contributed by atoms with Crippen molar-refractivity contribution in [3.05, 3.63) is 50.7 Å². The number of benzene rings is 1. The van der Waals surface area contributed by atoms with Crippen LogP contribution in [0, 0.1) is 6.92 Å². The van der Waals surface area contributed by atoms with Crippen LogP contribution in [0.5, 0.6) is 17.2 Å². The second-order valence-corrected chi connectivity index (χ2v) is 6.92. The molecule has 144 valence electrons. The van der Waals surface area contributed by atoms with E-state index in [1.165, 1.54) is 37.2 Å². The number of aryl methyl sites for hydroxylation is 1. The van der Waals surface area contributed by atoms with Crippen molar-refractivity contribution in [3.63, 3.8) is 0 Å². The van der Waals surface area contributed by atoms with Crippen molar-refractivity contribution in [3.8, 4) is 28.6 Å². The molecule has 0 N–H and O–H groups in total. The van der Waals surface area contributed by atoms with Gasteiger partial charge >= 0.3 is 0 Å². The molecule has 0 aliphatic carbocycles. The van der Waals surface area contributed by atoms with E-state index in [-0.39, 0.29) is 5.56 Å². The van der Waals surface area contributed by atoms with Gasteiger partial charge in [-0.3, -0.25) is 4.79 Å². The lowest BCUT2D eigenvalue weighted by molar-refractivity contribution is 0.324. The highest BCUT2D eigenvalue weighted by atomic mass is 32.1. The maximum Gasteiger partial charge on any atom is 0.291 e. The molecule has 0 bridgehead atoms. The minimum atomic E-state index is -0.250. The minimum absolute atomic E-state index is 0.250. The Morgan fingerprint density at radius 2 is 1.82 bits per heavy atom. The number of nitrogens with zero attached hydrogens (tertiary/aromatic N) is 3.